The molecule has 0 unspecified atom stereocenters. The SMILES string of the molecule is OC1OSSSO1. The number of aliphatic hydroxyl groups is 1. The lowest BCUT2D eigenvalue weighted by molar-refractivity contribution is -0.138. The maximum atomic E-state index is 8.41. The third-order valence-corrected chi connectivity index (χ3v) is 2.70. The quantitative estimate of drug-likeness (QED) is 0.421. The minimum Gasteiger partial charge on any atom is -0.344 e. The summed E-state index contributed by atoms with van der Waals surface area (Å²) in [5, 5.41) is 8.41. The molecule has 0 radical (unpaired) electrons. The molecule has 0 spiro atoms. The van der Waals surface area contributed by atoms with E-state index in [-0.39, 0.29) is 0 Å². The van der Waals surface area contributed by atoms with Gasteiger partial charge in [0.05, 0.1) is 22.1 Å². The second-order valence-corrected chi connectivity index (χ2v) is 3.95. The average molecular weight is 158 g/mol. The van der Waals surface area contributed by atoms with Crippen LogP contribution in [0.2, 0.25) is 0 Å². The lowest BCUT2D eigenvalue weighted by Gasteiger charge is -2.12. The van der Waals surface area contributed by atoms with Crippen LogP contribution in [0.3, 0.4) is 0 Å². The van der Waals surface area contributed by atoms with Gasteiger partial charge in [0.2, 0.25) is 0 Å². The zero-order chi connectivity index (χ0) is 5.11. The highest BCUT2D eigenvalue weighted by atomic mass is 33.5. The molecule has 1 rings (SSSR count). The molecule has 1 aliphatic rings. The molecule has 0 atom stereocenters. The van der Waals surface area contributed by atoms with Gasteiger partial charge in [0.1, 0.15) is 0 Å². The standard InChI is InChI=1S/CH2O3S3/c2-1-3-5-7-6-4-1/h1-2H. The van der Waals surface area contributed by atoms with Crippen LogP contribution in [-0.2, 0) is 8.37 Å². The van der Waals surface area contributed by atoms with Gasteiger partial charge in [-0.05, 0) is 0 Å². The van der Waals surface area contributed by atoms with Crippen molar-refractivity contribution < 1.29 is 13.5 Å². The second kappa shape index (κ2) is 3.06. The molecule has 0 bridgehead atoms. The number of aliphatic hydroxyl groups excluding tert-OH is 1. The highest BCUT2D eigenvalue weighted by molar-refractivity contribution is 9.07. The zero-order valence-electron chi connectivity index (χ0n) is 3.07. The molecule has 1 fully saturated rings. The predicted molar refractivity (Wildman–Crippen MR) is 30.9 cm³/mol. The second-order valence-electron chi connectivity index (χ2n) is 0.704. The van der Waals surface area contributed by atoms with Crippen molar-refractivity contribution in [3.05, 3.63) is 0 Å². The summed E-state index contributed by atoms with van der Waals surface area (Å²) < 4.78 is 8.94. The van der Waals surface area contributed by atoms with Crippen molar-refractivity contribution >= 4 is 32.0 Å². The molecule has 1 aliphatic heterocycles. The fourth-order valence-corrected chi connectivity index (χ4v) is 1.92. The normalized spacial score (nSPS) is 25.3. The number of rotatable bonds is 0. The Kier molecular flexibility index (Phi) is 2.64. The summed E-state index contributed by atoms with van der Waals surface area (Å²) in [4.78, 5) is 0. The van der Waals surface area contributed by atoms with E-state index in [0.29, 0.717) is 0 Å². The van der Waals surface area contributed by atoms with Crippen molar-refractivity contribution in [3.8, 4) is 0 Å². The van der Waals surface area contributed by atoms with Crippen molar-refractivity contribution in [3.63, 3.8) is 0 Å². The van der Waals surface area contributed by atoms with Crippen LogP contribution in [0.1, 0.15) is 0 Å². The van der Waals surface area contributed by atoms with Crippen molar-refractivity contribution in [2.24, 2.45) is 0 Å². The summed E-state index contributed by atoms with van der Waals surface area (Å²) in [5.41, 5.74) is 0. The predicted octanol–water partition coefficient (Wildman–Crippen LogP) is 1.17. The Bertz CT molecular complexity index is 52.1. The zero-order valence-corrected chi connectivity index (χ0v) is 5.52. The van der Waals surface area contributed by atoms with Gasteiger partial charge in [-0.2, -0.15) is 0 Å². The van der Waals surface area contributed by atoms with Gasteiger partial charge in [0, 0.05) is 9.83 Å². The van der Waals surface area contributed by atoms with Crippen LogP contribution in [-0.4, -0.2) is 11.6 Å². The maximum Gasteiger partial charge on any atom is 0.292 e. The Morgan fingerprint density at radius 3 is 2.14 bits per heavy atom. The van der Waals surface area contributed by atoms with E-state index in [1.165, 1.54) is 9.83 Å². The molecule has 0 aliphatic carbocycles. The third kappa shape index (κ3) is 2.11. The molecular weight excluding hydrogens is 156 g/mol. The van der Waals surface area contributed by atoms with E-state index < -0.39 is 6.48 Å². The van der Waals surface area contributed by atoms with Crippen molar-refractivity contribution in [1.82, 2.24) is 0 Å². The first-order valence-electron chi connectivity index (χ1n) is 1.40. The van der Waals surface area contributed by atoms with Crippen LogP contribution in [0.4, 0.5) is 0 Å². The fourth-order valence-electron chi connectivity index (χ4n) is 0.127. The van der Waals surface area contributed by atoms with Gasteiger partial charge in [-0.25, -0.2) is 8.37 Å². The molecule has 0 amide bonds. The number of hydrogen-bond donors (Lipinski definition) is 1. The topological polar surface area (TPSA) is 38.7 Å². The molecule has 7 heavy (non-hydrogen) atoms. The van der Waals surface area contributed by atoms with E-state index in [4.69, 9.17) is 5.11 Å². The first-order chi connectivity index (χ1) is 3.39. The molecule has 0 aromatic heterocycles. The van der Waals surface area contributed by atoms with Gasteiger partial charge >= 0.3 is 0 Å². The van der Waals surface area contributed by atoms with Gasteiger partial charge in [0.15, 0.2) is 0 Å². The monoisotopic (exact) mass is 158 g/mol. The fraction of sp³-hybridized carbons (Fsp3) is 1.00. The van der Waals surface area contributed by atoms with Crippen LogP contribution in [0.25, 0.3) is 0 Å². The van der Waals surface area contributed by atoms with Crippen LogP contribution >= 0.6 is 32.0 Å². The first kappa shape index (κ1) is 6.06. The minimum absolute atomic E-state index is 1.06. The Balaban J connectivity index is 2.12. The van der Waals surface area contributed by atoms with E-state index >= 15 is 0 Å². The van der Waals surface area contributed by atoms with Crippen molar-refractivity contribution in [1.29, 1.82) is 0 Å². The van der Waals surface area contributed by atoms with Crippen LogP contribution in [0, 0.1) is 0 Å². The Morgan fingerprint density at radius 2 is 1.86 bits per heavy atom. The first-order valence-corrected chi connectivity index (χ1v) is 4.73. The molecule has 0 saturated carbocycles. The van der Waals surface area contributed by atoms with Gasteiger partial charge < -0.3 is 5.11 Å². The molecule has 1 heterocycles. The highest BCUT2D eigenvalue weighted by Gasteiger charge is 2.11. The summed E-state index contributed by atoms with van der Waals surface area (Å²) in [5.74, 6) is 0. The summed E-state index contributed by atoms with van der Waals surface area (Å²) in [6.07, 6.45) is 0. The lowest BCUT2D eigenvalue weighted by atomic mass is 11.4. The van der Waals surface area contributed by atoms with Gasteiger partial charge in [-0.15, -0.1) is 0 Å². The molecule has 42 valence electrons. The molecule has 1 N–H and O–H groups in total. The third-order valence-electron chi connectivity index (χ3n) is 0.299. The van der Waals surface area contributed by atoms with E-state index in [0.717, 1.165) is 22.1 Å². The van der Waals surface area contributed by atoms with Crippen LogP contribution in [0.5, 0.6) is 0 Å². The molecule has 1 saturated heterocycles. The lowest BCUT2D eigenvalue weighted by Crippen LogP contribution is -2.08. The van der Waals surface area contributed by atoms with E-state index in [9.17, 15) is 0 Å². The minimum atomic E-state index is -1.06. The molecule has 6 heteroatoms. The summed E-state index contributed by atoms with van der Waals surface area (Å²) in [6, 6.07) is 0. The van der Waals surface area contributed by atoms with E-state index in [1.54, 1.807) is 0 Å². The van der Waals surface area contributed by atoms with Gasteiger partial charge in [-0.3, -0.25) is 0 Å². The molecular formula is CH2O3S3. The Hall–Kier alpha value is 0.930. The molecule has 3 nitrogen and oxygen atoms in total. The summed E-state index contributed by atoms with van der Waals surface area (Å²) in [7, 11) is 1.33. The number of hydrogen-bond acceptors (Lipinski definition) is 6. The maximum absolute atomic E-state index is 8.41. The van der Waals surface area contributed by atoms with Crippen LogP contribution < -0.4 is 0 Å². The summed E-state index contributed by atoms with van der Waals surface area (Å²) >= 11 is 2.22. The average Bonchev–Trinajstić information content (AvgIpc) is 1.69. The van der Waals surface area contributed by atoms with E-state index in [2.05, 4.69) is 8.37 Å². The van der Waals surface area contributed by atoms with Crippen molar-refractivity contribution in [2.75, 3.05) is 0 Å². The molecule has 0 aromatic rings. The molecule has 0 aromatic carbocycles. The van der Waals surface area contributed by atoms with Crippen molar-refractivity contribution in [2.45, 2.75) is 6.48 Å². The largest absolute Gasteiger partial charge is 0.344 e. The van der Waals surface area contributed by atoms with Gasteiger partial charge in [0.25, 0.3) is 6.48 Å². The van der Waals surface area contributed by atoms with E-state index in [1.807, 2.05) is 0 Å². The van der Waals surface area contributed by atoms with Gasteiger partial charge in [-0.1, -0.05) is 0 Å². The summed E-state index contributed by atoms with van der Waals surface area (Å²) in [6.45, 7) is -1.06. The van der Waals surface area contributed by atoms with Crippen LogP contribution in [0.15, 0.2) is 0 Å². The Labute approximate surface area is 52.3 Å². The highest BCUT2D eigenvalue weighted by Crippen LogP contribution is 2.41. The smallest absolute Gasteiger partial charge is 0.292 e. The Morgan fingerprint density at radius 1 is 1.29 bits per heavy atom.